The predicted octanol–water partition coefficient (Wildman–Crippen LogP) is 3.30. The molecule has 0 atom stereocenters. The van der Waals surface area contributed by atoms with E-state index in [2.05, 4.69) is 29.1 Å². The van der Waals surface area contributed by atoms with Crippen molar-refractivity contribution in [1.82, 2.24) is 15.3 Å². The summed E-state index contributed by atoms with van der Waals surface area (Å²) in [4.78, 5) is 21.6. The molecule has 0 bridgehead atoms. The van der Waals surface area contributed by atoms with Crippen LogP contribution in [0.5, 0.6) is 5.88 Å². The van der Waals surface area contributed by atoms with E-state index in [9.17, 15) is 4.79 Å². The van der Waals surface area contributed by atoms with Crippen molar-refractivity contribution in [3.63, 3.8) is 0 Å². The Morgan fingerprint density at radius 3 is 2.86 bits per heavy atom. The van der Waals surface area contributed by atoms with E-state index >= 15 is 0 Å². The summed E-state index contributed by atoms with van der Waals surface area (Å²) in [5.41, 5.74) is 1.64. The van der Waals surface area contributed by atoms with Gasteiger partial charge in [-0.1, -0.05) is 19.9 Å². The molecule has 2 aromatic heterocycles. The van der Waals surface area contributed by atoms with Crippen LogP contribution in [0, 0.1) is 6.92 Å². The molecule has 1 amide bonds. The third kappa shape index (κ3) is 3.82. The third-order valence-corrected chi connectivity index (χ3v) is 4.54. The second-order valence-corrected chi connectivity index (χ2v) is 6.24. The minimum absolute atomic E-state index is 0.104. The van der Waals surface area contributed by atoms with E-state index in [0.717, 1.165) is 16.3 Å². The molecular formula is C16H21N3O2S. The first kappa shape index (κ1) is 16.4. The van der Waals surface area contributed by atoms with Crippen LogP contribution in [0.1, 0.15) is 52.6 Å². The number of rotatable bonds is 6. The number of nitrogens with zero attached hydrogens (tertiary/aromatic N) is 2. The van der Waals surface area contributed by atoms with E-state index in [1.807, 2.05) is 26.0 Å². The summed E-state index contributed by atoms with van der Waals surface area (Å²) in [5, 5.41) is 3.90. The maximum atomic E-state index is 12.3. The van der Waals surface area contributed by atoms with Crippen molar-refractivity contribution in [3.8, 4) is 5.88 Å². The summed E-state index contributed by atoms with van der Waals surface area (Å²) >= 11 is 1.46. The van der Waals surface area contributed by atoms with E-state index in [4.69, 9.17) is 4.74 Å². The number of aryl methyl sites for hydroxylation is 1. The van der Waals surface area contributed by atoms with Crippen LogP contribution in [0.15, 0.2) is 18.3 Å². The molecular weight excluding hydrogens is 298 g/mol. The standard InChI is InChI=1S/C16H21N3O2S/c1-5-21-15-12(7-6-8-17-15)9-18-14(20)13-11(4)19-16(22-13)10(2)3/h6-8,10H,5,9H2,1-4H3,(H,18,20). The molecule has 0 spiro atoms. The van der Waals surface area contributed by atoms with Crippen molar-refractivity contribution in [2.75, 3.05) is 6.61 Å². The molecule has 0 radical (unpaired) electrons. The molecule has 5 nitrogen and oxygen atoms in total. The Hall–Kier alpha value is -1.95. The van der Waals surface area contributed by atoms with Crippen molar-refractivity contribution in [1.29, 1.82) is 0 Å². The van der Waals surface area contributed by atoms with E-state index in [0.29, 0.717) is 29.8 Å². The Kier molecular flexibility index (Phi) is 5.49. The van der Waals surface area contributed by atoms with Gasteiger partial charge in [-0.15, -0.1) is 11.3 Å². The number of thiazole rings is 1. The zero-order chi connectivity index (χ0) is 16.1. The van der Waals surface area contributed by atoms with Gasteiger partial charge in [0.2, 0.25) is 5.88 Å². The molecule has 2 aromatic rings. The Morgan fingerprint density at radius 1 is 1.45 bits per heavy atom. The van der Waals surface area contributed by atoms with Crippen LogP contribution in [0.25, 0.3) is 0 Å². The highest BCUT2D eigenvalue weighted by Gasteiger charge is 2.17. The maximum absolute atomic E-state index is 12.3. The van der Waals surface area contributed by atoms with E-state index in [-0.39, 0.29) is 5.91 Å². The van der Waals surface area contributed by atoms with E-state index in [1.54, 1.807) is 6.20 Å². The maximum Gasteiger partial charge on any atom is 0.263 e. The second kappa shape index (κ2) is 7.35. The second-order valence-electron chi connectivity index (χ2n) is 5.20. The molecule has 2 heterocycles. The molecule has 0 aromatic carbocycles. The number of hydrogen-bond donors (Lipinski definition) is 1. The largest absolute Gasteiger partial charge is 0.478 e. The number of carbonyl (C=O) groups excluding carboxylic acids is 1. The fourth-order valence-corrected chi connectivity index (χ4v) is 2.94. The van der Waals surface area contributed by atoms with Gasteiger partial charge in [0.1, 0.15) is 4.88 Å². The number of ether oxygens (including phenoxy) is 1. The van der Waals surface area contributed by atoms with Crippen LogP contribution < -0.4 is 10.1 Å². The average Bonchev–Trinajstić information content (AvgIpc) is 2.89. The van der Waals surface area contributed by atoms with Gasteiger partial charge in [-0.05, 0) is 19.9 Å². The number of carbonyl (C=O) groups is 1. The monoisotopic (exact) mass is 319 g/mol. The molecule has 1 N–H and O–H groups in total. The van der Waals surface area contributed by atoms with Crippen LogP contribution in [0.4, 0.5) is 0 Å². The first-order valence-corrected chi connectivity index (χ1v) is 8.16. The molecule has 0 saturated heterocycles. The summed E-state index contributed by atoms with van der Waals surface area (Å²) in [6, 6.07) is 3.73. The molecule has 0 aliphatic rings. The molecule has 6 heteroatoms. The molecule has 0 aliphatic heterocycles. The van der Waals surface area contributed by atoms with Crippen LogP contribution in [0.3, 0.4) is 0 Å². The van der Waals surface area contributed by atoms with Crippen molar-refractivity contribution < 1.29 is 9.53 Å². The average molecular weight is 319 g/mol. The first-order chi connectivity index (χ1) is 10.5. The molecule has 0 unspecified atom stereocenters. The zero-order valence-electron chi connectivity index (χ0n) is 13.3. The SMILES string of the molecule is CCOc1ncccc1CNC(=O)c1sc(C(C)C)nc1C. The van der Waals surface area contributed by atoms with Gasteiger partial charge in [-0.2, -0.15) is 0 Å². The Labute approximate surface area is 134 Å². The smallest absolute Gasteiger partial charge is 0.263 e. The lowest BCUT2D eigenvalue weighted by atomic mass is 10.2. The Morgan fingerprint density at radius 2 is 2.23 bits per heavy atom. The van der Waals surface area contributed by atoms with Gasteiger partial charge in [-0.3, -0.25) is 4.79 Å². The van der Waals surface area contributed by atoms with Gasteiger partial charge >= 0.3 is 0 Å². The minimum atomic E-state index is -0.104. The normalized spacial score (nSPS) is 10.8. The number of nitrogens with one attached hydrogen (secondary N) is 1. The molecule has 118 valence electrons. The van der Waals surface area contributed by atoms with Crippen molar-refractivity contribution in [3.05, 3.63) is 39.5 Å². The van der Waals surface area contributed by atoms with Gasteiger partial charge in [0.15, 0.2) is 0 Å². The van der Waals surface area contributed by atoms with Crippen molar-refractivity contribution in [2.45, 2.75) is 40.2 Å². The highest BCUT2D eigenvalue weighted by molar-refractivity contribution is 7.13. The first-order valence-electron chi connectivity index (χ1n) is 7.35. The third-order valence-electron chi connectivity index (χ3n) is 3.08. The van der Waals surface area contributed by atoms with Crippen LogP contribution in [0.2, 0.25) is 0 Å². The van der Waals surface area contributed by atoms with Gasteiger partial charge in [0, 0.05) is 24.2 Å². The highest BCUT2D eigenvalue weighted by atomic mass is 32.1. The topological polar surface area (TPSA) is 64.1 Å². The van der Waals surface area contributed by atoms with Crippen LogP contribution in [-0.4, -0.2) is 22.5 Å². The zero-order valence-corrected chi connectivity index (χ0v) is 14.2. The van der Waals surface area contributed by atoms with Crippen molar-refractivity contribution in [2.24, 2.45) is 0 Å². The van der Waals surface area contributed by atoms with Gasteiger partial charge in [0.05, 0.1) is 17.3 Å². The number of hydrogen-bond acceptors (Lipinski definition) is 5. The quantitative estimate of drug-likeness (QED) is 0.887. The van der Waals surface area contributed by atoms with Crippen LogP contribution in [-0.2, 0) is 6.54 Å². The summed E-state index contributed by atoms with van der Waals surface area (Å²) in [6.45, 7) is 8.85. The van der Waals surface area contributed by atoms with Gasteiger partial charge in [0.25, 0.3) is 5.91 Å². The Bertz CT molecular complexity index is 653. The molecule has 22 heavy (non-hydrogen) atoms. The highest BCUT2D eigenvalue weighted by Crippen LogP contribution is 2.24. The van der Waals surface area contributed by atoms with Gasteiger partial charge < -0.3 is 10.1 Å². The summed E-state index contributed by atoms with van der Waals surface area (Å²) in [5.74, 6) is 0.788. The fourth-order valence-electron chi connectivity index (χ4n) is 1.96. The molecule has 0 saturated carbocycles. The summed E-state index contributed by atoms with van der Waals surface area (Å²) in [7, 11) is 0. The molecule has 2 rings (SSSR count). The fraction of sp³-hybridized carbons (Fsp3) is 0.438. The molecule has 0 aliphatic carbocycles. The number of amides is 1. The number of aromatic nitrogens is 2. The lowest BCUT2D eigenvalue weighted by Crippen LogP contribution is -2.23. The van der Waals surface area contributed by atoms with E-state index in [1.165, 1.54) is 11.3 Å². The number of pyridine rings is 1. The lowest BCUT2D eigenvalue weighted by molar-refractivity contribution is 0.0954. The summed E-state index contributed by atoms with van der Waals surface area (Å²) in [6.07, 6.45) is 1.68. The Balaban J connectivity index is 2.07. The predicted molar refractivity (Wildman–Crippen MR) is 87.5 cm³/mol. The summed E-state index contributed by atoms with van der Waals surface area (Å²) < 4.78 is 5.46. The van der Waals surface area contributed by atoms with Crippen molar-refractivity contribution >= 4 is 17.2 Å². The minimum Gasteiger partial charge on any atom is -0.478 e. The molecule has 0 fully saturated rings. The van der Waals surface area contributed by atoms with E-state index < -0.39 is 0 Å². The lowest BCUT2D eigenvalue weighted by Gasteiger charge is -2.09. The van der Waals surface area contributed by atoms with Gasteiger partial charge in [-0.25, -0.2) is 9.97 Å². The van der Waals surface area contributed by atoms with Crippen LogP contribution >= 0.6 is 11.3 Å².